The summed E-state index contributed by atoms with van der Waals surface area (Å²) in [5.41, 5.74) is 6.02. The number of ether oxygens (including phenoxy) is 1. The summed E-state index contributed by atoms with van der Waals surface area (Å²) in [6, 6.07) is 12.0. The van der Waals surface area contributed by atoms with Gasteiger partial charge in [-0.2, -0.15) is 0 Å². The molecule has 0 saturated carbocycles. The molecule has 3 rings (SSSR count). The molecule has 0 aliphatic rings. The van der Waals surface area contributed by atoms with E-state index < -0.39 is 0 Å². The van der Waals surface area contributed by atoms with Gasteiger partial charge in [-0.3, -0.25) is 10.8 Å². The van der Waals surface area contributed by atoms with Crippen LogP contribution < -0.4 is 16.0 Å². The molecule has 2 aromatic heterocycles. The minimum absolute atomic E-state index is 0.0836. The van der Waals surface area contributed by atoms with E-state index in [4.69, 9.17) is 10.6 Å². The SMILES string of the molecule is CCOc1ccc(C(NN)c2cnc3ccsc3c2)cc1. The molecule has 5 heteroatoms. The highest BCUT2D eigenvalue weighted by atomic mass is 32.1. The van der Waals surface area contributed by atoms with Crippen LogP contribution in [0.5, 0.6) is 5.75 Å². The van der Waals surface area contributed by atoms with Crippen LogP contribution in [0.2, 0.25) is 0 Å². The van der Waals surface area contributed by atoms with Crippen molar-refractivity contribution >= 4 is 21.6 Å². The van der Waals surface area contributed by atoms with E-state index in [1.165, 1.54) is 4.70 Å². The van der Waals surface area contributed by atoms with E-state index >= 15 is 0 Å². The molecule has 1 unspecified atom stereocenters. The van der Waals surface area contributed by atoms with Crippen molar-refractivity contribution in [2.45, 2.75) is 13.0 Å². The average Bonchev–Trinajstić information content (AvgIpc) is 2.98. The fourth-order valence-corrected chi connectivity index (χ4v) is 3.12. The molecule has 0 aliphatic carbocycles. The zero-order valence-electron chi connectivity index (χ0n) is 11.7. The third-order valence-corrected chi connectivity index (χ3v) is 4.20. The summed E-state index contributed by atoms with van der Waals surface area (Å²) in [4.78, 5) is 4.47. The third-order valence-electron chi connectivity index (χ3n) is 3.35. The molecule has 0 amide bonds. The lowest BCUT2D eigenvalue weighted by Gasteiger charge is -2.17. The van der Waals surface area contributed by atoms with Crippen LogP contribution in [-0.2, 0) is 0 Å². The van der Waals surface area contributed by atoms with Gasteiger partial charge >= 0.3 is 0 Å². The number of hydrogen-bond donors (Lipinski definition) is 2. The maximum absolute atomic E-state index is 5.75. The standard InChI is InChI=1S/C16H17N3OS/c1-2-20-13-5-3-11(4-6-13)16(19-17)12-9-15-14(18-10-12)7-8-21-15/h3-10,16,19H,2,17H2,1H3. The van der Waals surface area contributed by atoms with Gasteiger partial charge in [0.2, 0.25) is 0 Å². The van der Waals surface area contributed by atoms with E-state index in [1.54, 1.807) is 11.3 Å². The van der Waals surface area contributed by atoms with Gasteiger partial charge in [0, 0.05) is 6.20 Å². The Morgan fingerprint density at radius 2 is 2.05 bits per heavy atom. The first kappa shape index (κ1) is 14.0. The van der Waals surface area contributed by atoms with Gasteiger partial charge in [-0.1, -0.05) is 12.1 Å². The summed E-state index contributed by atoms with van der Waals surface area (Å²) in [6.45, 7) is 2.64. The molecule has 1 atom stereocenters. The Morgan fingerprint density at radius 1 is 1.24 bits per heavy atom. The normalized spacial score (nSPS) is 12.5. The smallest absolute Gasteiger partial charge is 0.119 e. The second-order valence-electron chi connectivity index (χ2n) is 4.67. The Kier molecular flexibility index (Phi) is 4.15. The second kappa shape index (κ2) is 6.22. The molecule has 0 fully saturated rings. The number of nitrogens with zero attached hydrogens (tertiary/aromatic N) is 1. The van der Waals surface area contributed by atoms with Gasteiger partial charge in [0.15, 0.2) is 0 Å². The summed E-state index contributed by atoms with van der Waals surface area (Å²) in [7, 11) is 0. The molecule has 3 N–H and O–H groups in total. The van der Waals surface area contributed by atoms with Gasteiger partial charge < -0.3 is 4.74 Å². The van der Waals surface area contributed by atoms with Gasteiger partial charge in [0.05, 0.1) is 22.9 Å². The van der Waals surface area contributed by atoms with Crippen LogP contribution in [-0.4, -0.2) is 11.6 Å². The monoisotopic (exact) mass is 299 g/mol. The zero-order chi connectivity index (χ0) is 14.7. The number of rotatable bonds is 5. The highest BCUT2D eigenvalue weighted by Gasteiger charge is 2.14. The molecular weight excluding hydrogens is 282 g/mol. The molecule has 0 saturated heterocycles. The number of thiophene rings is 1. The Bertz CT molecular complexity index is 724. The number of fused-ring (bicyclic) bond motifs is 1. The van der Waals surface area contributed by atoms with E-state index in [0.717, 1.165) is 22.4 Å². The van der Waals surface area contributed by atoms with Crippen molar-refractivity contribution in [1.82, 2.24) is 10.4 Å². The molecule has 0 spiro atoms. The molecule has 0 radical (unpaired) electrons. The van der Waals surface area contributed by atoms with Gasteiger partial charge in [0.25, 0.3) is 0 Å². The molecule has 108 valence electrons. The van der Waals surface area contributed by atoms with Crippen LogP contribution in [0.15, 0.2) is 48.0 Å². The van der Waals surface area contributed by atoms with Crippen LogP contribution in [0.4, 0.5) is 0 Å². The molecule has 1 aromatic carbocycles. The van der Waals surface area contributed by atoms with E-state index in [1.807, 2.05) is 48.8 Å². The quantitative estimate of drug-likeness (QED) is 0.561. The Hall–Kier alpha value is -1.95. The maximum atomic E-state index is 5.75. The Labute approximate surface area is 127 Å². The van der Waals surface area contributed by atoms with Gasteiger partial charge in [-0.15, -0.1) is 11.3 Å². The van der Waals surface area contributed by atoms with Crippen LogP contribution in [0, 0.1) is 0 Å². The number of pyridine rings is 1. The van der Waals surface area contributed by atoms with Crippen molar-refractivity contribution in [3.8, 4) is 5.75 Å². The van der Waals surface area contributed by atoms with Gasteiger partial charge in [-0.25, -0.2) is 5.43 Å². The minimum Gasteiger partial charge on any atom is -0.494 e. The summed E-state index contributed by atoms with van der Waals surface area (Å²) >= 11 is 1.68. The first-order valence-electron chi connectivity index (χ1n) is 6.84. The summed E-state index contributed by atoms with van der Waals surface area (Å²) < 4.78 is 6.63. The minimum atomic E-state index is -0.0836. The first-order valence-corrected chi connectivity index (χ1v) is 7.72. The molecule has 0 bridgehead atoms. The molecular formula is C16H17N3OS. The van der Waals surface area contributed by atoms with Crippen LogP contribution in [0.25, 0.3) is 10.2 Å². The molecule has 2 heterocycles. The second-order valence-corrected chi connectivity index (χ2v) is 5.62. The molecule has 3 aromatic rings. The largest absolute Gasteiger partial charge is 0.494 e. The number of hydrogen-bond acceptors (Lipinski definition) is 5. The van der Waals surface area contributed by atoms with Crippen molar-refractivity contribution in [3.63, 3.8) is 0 Å². The first-order chi connectivity index (χ1) is 10.3. The summed E-state index contributed by atoms with van der Waals surface area (Å²) in [5, 5.41) is 2.04. The van der Waals surface area contributed by atoms with E-state index in [-0.39, 0.29) is 6.04 Å². The number of nitrogens with two attached hydrogens (primary N) is 1. The fraction of sp³-hybridized carbons (Fsp3) is 0.188. The van der Waals surface area contributed by atoms with Crippen molar-refractivity contribution in [2.24, 2.45) is 5.84 Å². The van der Waals surface area contributed by atoms with Gasteiger partial charge in [0.1, 0.15) is 5.75 Å². The number of nitrogens with one attached hydrogen (secondary N) is 1. The van der Waals surface area contributed by atoms with E-state index in [0.29, 0.717) is 6.61 Å². The van der Waals surface area contributed by atoms with Crippen molar-refractivity contribution in [3.05, 3.63) is 59.1 Å². The van der Waals surface area contributed by atoms with Crippen LogP contribution in [0.1, 0.15) is 24.1 Å². The lowest BCUT2D eigenvalue weighted by atomic mass is 10.0. The van der Waals surface area contributed by atoms with Crippen molar-refractivity contribution in [1.29, 1.82) is 0 Å². The fourth-order valence-electron chi connectivity index (χ4n) is 2.33. The topological polar surface area (TPSA) is 60.2 Å². The number of hydrazine groups is 1. The van der Waals surface area contributed by atoms with Crippen molar-refractivity contribution in [2.75, 3.05) is 6.61 Å². The summed E-state index contributed by atoms with van der Waals surface area (Å²) in [6.07, 6.45) is 1.87. The van der Waals surface area contributed by atoms with Crippen molar-refractivity contribution < 1.29 is 4.74 Å². The molecule has 0 aliphatic heterocycles. The Morgan fingerprint density at radius 3 is 2.76 bits per heavy atom. The molecule has 4 nitrogen and oxygen atoms in total. The van der Waals surface area contributed by atoms with E-state index in [2.05, 4.69) is 16.5 Å². The summed E-state index contributed by atoms with van der Waals surface area (Å²) in [5.74, 6) is 6.61. The Balaban J connectivity index is 1.92. The van der Waals surface area contributed by atoms with Crippen LogP contribution in [0.3, 0.4) is 0 Å². The number of aromatic nitrogens is 1. The predicted molar refractivity (Wildman–Crippen MR) is 86.4 cm³/mol. The zero-order valence-corrected chi connectivity index (χ0v) is 12.6. The average molecular weight is 299 g/mol. The highest BCUT2D eigenvalue weighted by molar-refractivity contribution is 7.17. The van der Waals surface area contributed by atoms with E-state index in [9.17, 15) is 0 Å². The maximum Gasteiger partial charge on any atom is 0.119 e. The van der Waals surface area contributed by atoms with Gasteiger partial charge in [-0.05, 0) is 47.7 Å². The highest BCUT2D eigenvalue weighted by Crippen LogP contribution is 2.27. The predicted octanol–water partition coefficient (Wildman–Crippen LogP) is 3.25. The lowest BCUT2D eigenvalue weighted by Crippen LogP contribution is -2.28. The third kappa shape index (κ3) is 2.90. The number of benzene rings is 1. The lowest BCUT2D eigenvalue weighted by molar-refractivity contribution is 0.340. The van der Waals surface area contributed by atoms with Crippen LogP contribution >= 0.6 is 11.3 Å². The molecule has 21 heavy (non-hydrogen) atoms.